The van der Waals surface area contributed by atoms with Crippen LogP contribution in [0.15, 0.2) is 0 Å². The predicted molar refractivity (Wildman–Crippen MR) is 70.6 cm³/mol. The Morgan fingerprint density at radius 1 is 1.00 bits per heavy atom. The number of sulfone groups is 1. The molecule has 4 heteroatoms. The Morgan fingerprint density at radius 3 is 2.29 bits per heavy atom. The van der Waals surface area contributed by atoms with Crippen molar-refractivity contribution in [2.75, 3.05) is 5.75 Å². The first-order chi connectivity index (χ1) is 8.09. The monoisotopic (exact) mass is 259 g/mol. The van der Waals surface area contributed by atoms with Gasteiger partial charge in [-0.3, -0.25) is 0 Å². The van der Waals surface area contributed by atoms with Gasteiger partial charge in [0.25, 0.3) is 0 Å². The third kappa shape index (κ3) is 3.44. The highest BCUT2D eigenvalue weighted by Gasteiger charge is 2.34. The van der Waals surface area contributed by atoms with E-state index < -0.39 is 9.84 Å². The molecule has 3 nitrogen and oxygen atoms in total. The van der Waals surface area contributed by atoms with E-state index in [0.29, 0.717) is 11.7 Å². The fourth-order valence-electron chi connectivity index (χ4n) is 3.42. The SMILES string of the molecule is NC(CC1CCCCC1)C1CCCCS1(=O)=O. The number of hydrogen-bond donors (Lipinski definition) is 1. The second-order valence-electron chi connectivity index (χ2n) is 5.80. The zero-order valence-electron chi connectivity index (χ0n) is 10.6. The second kappa shape index (κ2) is 5.70. The first-order valence-corrected chi connectivity index (χ1v) is 8.78. The van der Waals surface area contributed by atoms with Crippen LogP contribution < -0.4 is 5.73 Å². The van der Waals surface area contributed by atoms with Crippen LogP contribution in [-0.4, -0.2) is 25.5 Å². The lowest BCUT2D eigenvalue weighted by Gasteiger charge is -2.31. The zero-order valence-corrected chi connectivity index (χ0v) is 11.4. The predicted octanol–water partition coefficient (Wildman–Crippen LogP) is 2.25. The van der Waals surface area contributed by atoms with Gasteiger partial charge in [-0.2, -0.15) is 0 Å². The van der Waals surface area contributed by atoms with Crippen molar-refractivity contribution in [2.24, 2.45) is 11.7 Å². The molecule has 17 heavy (non-hydrogen) atoms. The molecule has 2 atom stereocenters. The van der Waals surface area contributed by atoms with Gasteiger partial charge in [0.2, 0.25) is 0 Å². The maximum atomic E-state index is 12.0. The van der Waals surface area contributed by atoms with Gasteiger partial charge >= 0.3 is 0 Å². The van der Waals surface area contributed by atoms with Gasteiger partial charge in [0, 0.05) is 6.04 Å². The van der Waals surface area contributed by atoms with Gasteiger partial charge in [-0.25, -0.2) is 8.42 Å². The van der Waals surface area contributed by atoms with E-state index in [0.717, 1.165) is 25.7 Å². The van der Waals surface area contributed by atoms with Crippen molar-refractivity contribution in [3.63, 3.8) is 0 Å². The van der Waals surface area contributed by atoms with Crippen molar-refractivity contribution in [3.8, 4) is 0 Å². The van der Waals surface area contributed by atoms with E-state index in [1.807, 2.05) is 0 Å². The molecule has 2 rings (SSSR count). The Labute approximate surface area is 105 Å². The largest absolute Gasteiger partial charge is 0.327 e. The molecule has 1 saturated heterocycles. The second-order valence-corrected chi connectivity index (χ2v) is 8.14. The smallest absolute Gasteiger partial charge is 0.154 e. The average molecular weight is 259 g/mol. The molecule has 2 aliphatic rings. The van der Waals surface area contributed by atoms with E-state index in [9.17, 15) is 8.42 Å². The van der Waals surface area contributed by atoms with E-state index in [-0.39, 0.29) is 11.3 Å². The fourth-order valence-corrected chi connectivity index (χ4v) is 5.50. The van der Waals surface area contributed by atoms with Gasteiger partial charge in [0.15, 0.2) is 9.84 Å². The highest BCUT2D eigenvalue weighted by atomic mass is 32.2. The Balaban J connectivity index is 1.91. The Morgan fingerprint density at radius 2 is 1.65 bits per heavy atom. The maximum Gasteiger partial charge on any atom is 0.154 e. The van der Waals surface area contributed by atoms with Gasteiger partial charge in [0.1, 0.15) is 0 Å². The number of hydrogen-bond acceptors (Lipinski definition) is 3. The number of rotatable bonds is 3. The van der Waals surface area contributed by atoms with Crippen LogP contribution in [0.5, 0.6) is 0 Å². The molecule has 2 unspecified atom stereocenters. The first kappa shape index (κ1) is 13.3. The van der Waals surface area contributed by atoms with Gasteiger partial charge in [-0.05, 0) is 25.2 Å². The molecule has 1 heterocycles. The zero-order chi connectivity index (χ0) is 12.3. The molecule has 0 amide bonds. The van der Waals surface area contributed by atoms with E-state index in [4.69, 9.17) is 5.73 Å². The summed E-state index contributed by atoms with van der Waals surface area (Å²) in [5, 5.41) is -0.252. The van der Waals surface area contributed by atoms with Gasteiger partial charge in [-0.15, -0.1) is 0 Å². The quantitative estimate of drug-likeness (QED) is 0.845. The lowest BCUT2D eigenvalue weighted by molar-refractivity contribution is 0.309. The Bertz CT molecular complexity index is 333. The minimum atomic E-state index is -2.90. The molecular weight excluding hydrogens is 234 g/mol. The summed E-state index contributed by atoms with van der Waals surface area (Å²) in [5.74, 6) is 1.03. The summed E-state index contributed by atoms with van der Waals surface area (Å²) < 4.78 is 24.0. The van der Waals surface area contributed by atoms with Crippen molar-refractivity contribution in [1.82, 2.24) is 0 Å². The highest BCUT2D eigenvalue weighted by molar-refractivity contribution is 7.92. The van der Waals surface area contributed by atoms with E-state index in [1.165, 1.54) is 32.1 Å². The summed E-state index contributed by atoms with van der Waals surface area (Å²) in [6, 6.07) is -0.122. The summed E-state index contributed by atoms with van der Waals surface area (Å²) in [6.45, 7) is 0. The third-order valence-electron chi connectivity index (χ3n) is 4.44. The van der Waals surface area contributed by atoms with E-state index in [1.54, 1.807) is 0 Å². The first-order valence-electron chi connectivity index (χ1n) is 7.07. The highest BCUT2D eigenvalue weighted by Crippen LogP contribution is 2.30. The molecule has 0 spiro atoms. The van der Waals surface area contributed by atoms with Crippen LogP contribution in [-0.2, 0) is 9.84 Å². The standard InChI is InChI=1S/C13H25NO2S/c14-12(10-11-6-2-1-3-7-11)13-8-4-5-9-17(13,15)16/h11-13H,1-10,14H2. The van der Waals surface area contributed by atoms with Crippen molar-refractivity contribution in [3.05, 3.63) is 0 Å². The minimum Gasteiger partial charge on any atom is -0.327 e. The van der Waals surface area contributed by atoms with E-state index >= 15 is 0 Å². The van der Waals surface area contributed by atoms with Crippen molar-refractivity contribution < 1.29 is 8.42 Å². The minimum absolute atomic E-state index is 0.122. The van der Waals surface area contributed by atoms with Crippen LogP contribution in [0.3, 0.4) is 0 Å². The van der Waals surface area contributed by atoms with Crippen molar-refractivity contribution >= 4 is 9.84 Å². The normalized spacial score (nSPS) is 32.2. The van der Waals surface area contributed by atoms with Crippen molar-refractivity contribution in [2.45, 2.75) is 69.1 Å². The molecule has 0 aromatic rings. The van der Waals surface area contributed by atoms with Gasteiger partial charge in [0.05, 0.1) is 11.0 Å². The molecular formula is C13H25NO2S. The lowest BCUT2D eigenvalue weighted by atomic mass is 9.84. The summed E-state index contributed by atoms with van der Waals surface area (Å²) >= 11 is 0. The Kier molecular flexibility index (Phi) is 4.47. The molecule has 0 bridgehead atoms. The molecule has 0 radical (unpaired) electrons. The van der Waals surface area contributed by atoms with E-state index in [2.05, 4.69) is 0 Å². The topological polar surface area (TPSA) is 60.2 Å². The Hall–Kier alpha value is -0.0900. The van der Waals surface area contributed by atoms with Crippen LogP contribution in [0.25, 0.3) is 0 Å². The number of nitrogens with two attached hydrogens (primary N) is 1. The van der Waals surface area contributed by atoms with Crippen LogP contribution in [0.4, 0.5) is 0 Å². The molecule has 100 valence electrons. The average Bonchev–Trinajstić information content (AvgIpc) is 2.29. The van der Waals surface area contributed by atoms with Crippen LogP contribution in [0.2, 0.25) is 0 Å². The fraction of sp³-hybridized carbons (Fsp3) is 1.00. The van der Waals surface area contributed by atoms with Crippen LogP contribution in [0.1, 0.15) is 57.8 Å². The molecule has 2 fully saturated rings. The lowest BCUT2D eigenvalue weighted by Crippen LogP contribution is -2.44. The maximum absolute atomic E-state index is 12.0. The summed E-state index contributed by atoms with van der Waals surface area (Å²) in [7, 11) is -2.90. The van der Waals surface area contributed by atoms with Crippen LogP contribution >= 0.6 is 0 Å². The molecule has 0 aromatic carbocycles. The molecule has 1 aliphatic heterocycles. The van der Waals surface area contributed by atoms with Crippen LogP contribution in [0, 0.1) is 5.92 Å². The van der Waals surface area contributed by atoms with Gasteiger partial charge in [-0.1, -0.05) is 38.5 Å². The van der Waals surface area contributed by atoms with Crippen molar-refractivity contribution in [1.29, 1.82) is 0 Å². The summed E-state index contributed by atoms with van der Waals surface area (Å²) in [5.41, 5.74) is 6.18. The summed E-state index contributed by atoms with van der Waals surface area (Å²) in [4.78, 5) is 0. The molecule has 2 N–H and O–H groups in total. The molecule has 1 saturated carbocycles. The molecule has 1 aliphatic carbocycles. The summed E-state index contributed by atoms with van der Waals surface area (Å²) in [6.07, 6.45) is 10.0. The molecule has 0 aromatic heterocycles. The van der Waals surface area contributed by atoms with Gasteiger partial charge < -0.3 is 5.73 Å². The third-order valence-corrected chi connectivity index (χ3v) is 6.80.